The molecule has 0 aliphatic rings. The van der Waals surface area contributed by atoms with Gasteiger partial charge in [-0.3, -0.25) is 13.6 Å². The molecule has 7 heteroatoms. The Morgan fingerprint density at radius 3 is 2.00 bits per heavy atom. The lowest BCUT2D eigenvalue weighted by molar-refractivity contribution is 0.120. The van der Waals surface area contributed by atoms with Crippen molar-refractivity contribution in [3.8, 4) is 0 Å². The highest BCUT2D eigenvalue weighted by atomic mass is 35.5. The molecule has 0 aromatic heterocycles. The zero-order valence-corrected chi connectivity index (χ0v) is 11.0. The Morgan fingerprint density at radius 2 is 1.60 bits per heavy atom. The summed E-state index contributed by atoms with van der Waals surface area (Å²) in [6.07, 6.45) is 1.61. The number of phosphoric ester groups is 1. The van der Waals surface area contributed by atoms with E-state index in [1.165, 1.54) is 0 Å². The van der Waals surface area contributed by atoms with Gasteiger partial charge in [0.2, 0.25) is 0 Å². The highest BCUT2D eigenvalue weighted by molar-refractivity contribution is 7.48. The molecule has 0 bridgehead atoms. The number of hydrogen-bond donors (Lipinski definition) is 1. The summed E-state index contributed by atoms with van der Waals surface area (Å²) in [6, 6.07) is 0. The molecule has 2 N–H and O–H groups in total. The van der Waals surface area contributed by atoms with Crippen LogP contribution < -0.4 is 5.73 Å². The molecule has 0 rings (SSSR count). The fourth-order valence-corrected chi connectivity index (χ4v) is 2.06. The quantitative estimate of drug-likeness (QED) is 0.510. The molecule has 0 aromatic carbocycles. The molecule has 0 aliphatic heterocycles. The summed E-state index contributed by atoms with van der Waals surface area (Å²) >= 11 is 0. The van der Waals surface area contributed by atoms with Gasteiger partial charge in [-0.2, -0.15) is 0 Å². The Balaban J connectivity index is 0. The monoisotopic (exact) mass is 261 g/mol. The minimum absolute atomic E-state index is 0. The van der Waals surface area contributed by atoms with Crippen molar-refractivity contribution in [3.63, 3.8) is 0 Å². The molecule has 0 radical (unpaired) electrons. The molecule has 94 valence electrons. The summed E-state index contributed by atoms with van der Waals surface area (Å²) in [6.45, 7) is 5.08. The van der Waals surface area contributed by atoms with Crippen LogP contribution in [-0.4, -0.2) is 26.4 Å². The summed E-state index contributed by atoms with van der Waals surface area (Å²) < 4.78 is 26.6. The highest BCUT2D eigenvalue weighted by Gasteiger charge is 2.24. The minimum Gasteiger partial charge on any atom is -0.330 e. The fourth-order valence-electron chi connectivity index (χ4n) is 0.851. The van der Waals surface area contributed by atoms with Crippen molar-refractivity contribution in [1.82, 2.24) is 0 Å². The number of rotatable bonds is 9. The Hall–Kier alpha value is 0.360. The second kappa shape index (κ2) is 10.9. The number of phosphoric acid groups is 1. The molecule has 5 nitrogen and oxygen atoms in total. The van der Waals surface area contributed by atoms with Gasteiger partial charge in [0, 0.05) is 0 Å². The smallest absolute Gasteiger partial charge is 0.330 e. The minimum atomic E-state index is -3.30. The van der Waals surface area contributed by atoms with E-state index in [2.05, 4.69) is 0 Å². The Bertz CT molecular complexity index is 172. The number of nitrogens with two attached hydrogens (primary N) is 1. The standard InChI is InChI=1S/C8H20NO4P.ClH/c1-3-11-14(10,12-4-2)13-8-6-5-7-9;/h3-9H2,1-2H3;1H. The van der Waals surface area contributed by atoms with Crippen LogP contribution in [-0.2, 0) is 18.1 Å². The molecule has 0 atom stereocenters. The summed E-state index contributed by atoms with van der Waals surface area (Å²) in [4.78, 5) is 0. The van der Waals surface area contributed by atoms with E-state index in [9.17, 15) is 4.57 Å². The first-order valence-electron chi connectivity index (χ1n) is 4.92. The Kier molecular flexibility index (Phi) is 12.9. The normalized spacial score (nSPS) is 11.1. The molecular weight excluding hydrogens is 241 g/mol. The first-order valence-corrected chi connectivity index (χ1v) is 6.38. The molecule has 0 amide bonds. The van der Waals surface area contributed by atoms with Crippen molar-refractivity contribution in [3.05, 3.63) is 0 Å². The summed E-state index contributed by atoms with van der Waals surface area (Å²) in [5.74, 6) is 0. The van der Waals surface area contributed by atoms with Crippen LogP contribution in [0.15, 0.2) is 0 Å². The van der Waals surface area contributed by atoms with Crippen LogP contribution >= 0.6 is 20.2 Å². The van der Waals surface area contributed by atoms with Crippen molar-refractivity contribution in [2.24, 2.45) is 5.73 Å². The van der Waals surface area contributed by atoms with Crippen molar-refractivity contribution < 1.29 is 18.1 Å². The molecular formula is C8H21ClNO4P. The second-order valence-electron chi connectivity index (χ2n) is 2.61. The van der Waals surface area contributed by atoms with Gasteiger partial charge >= 0.3 is 7.82 Å². The average Bonchev–Trinajstić information content (AvgIpc) is 2.13. The van der Waals surface area contributed by atoms with E-state index >= 15 is 0 Å². The van der Waals surface area contributed by atoms with Gasteiger partial charge in [0.15, 0.2) is 0 Å². The third kappa shape index (κ3) is 9.30. The predicted octanol–water partition coefficient (Wildman–Crippen LogP) is 2.34. The van der Waals surface area contributed by atoms with Gasteiger partial charge in [0.05, 0.1) is 19.8 Å². The van der Waals surface area contributed by atoms with Crippen LogP contribution in [0, 0.1) is 0 Å². The SMILES string of the molecule is CCOP(=O)(OCC)OCCCCN.Cl. The molecule has 0 spiro atoms. The van der Waals surface area contributed by atoms with Gasteiger partial charge in [-0.25, -0.2) is 4.57 Å². The van der Waals surface area contributed by atoms with Gasteiger partial charge in [-0.1, -0.05) is 0 Å². The lowest BCUT2D eigenvalue weighted by Gasteiger charge is -2.15. The second-order valence-corrected chi connectivity index (χ2v) is 4.28. The summed E-state index contributed by atoms with van der Waals surface area (Å²) in [5, 5.41) is 0. The van der Waals surface area contributed by atoms with Gasteiger partial charge in [-0.15, -0.1) is 12.4 Å². The first kappa shape index (κ1) is 17.7. The highest BCUT2D eigenvalue weighted by Crippen LogP contribution is 2.49. The van der Waals surface area contributed by atoms with Crippen molar-refractivity contribution in [1.29, 1.82) is 0 Å². The number of unbranched alkanes of at least 4 members (excludes halogenated alkanes) is 1. The van der Waals surface area contributed by atoms with E-state index < -0.39 is 7.82 Å². The molecule has 0 aliphatic carbocycles. The first-order chi connectivity index (χ1) is 6.68. The van der Waals surface area contributed by atoms with Gasteiger partial charge < -0.3 is 5.73 Å². The Labute approximate surface area is 97.7 Å². The van der Waals surface area contributed by atoms with Crippen LogP contribution in [0.5, 0.6) is 0 Å². The molecule has 15 heavy (non-hydrogen) atoms. The molecule has 0 saturated carbocycles. The van der Waals surface area contributed by atoms with Crippen molar-refractivity contribution >= 4 is 20.2 Å². The molecule has 0 heterocycles. The van der Waals surface area contributed by atoms with E-state index in [1.807, 2.05) is 0 Å². The molecule has 0 aromatic rings. The van der Waals surface area contributed by atoms with E-state index in [1.54, 1.807) is 13.8 Å². The average molecular weight is 262 g/mol. The van der Waals surface area contributed by atoms with Crippen molar-refractivity contribution in [2.45, 2.75) is 26.7 Å². The molecule has 0 fully saturated rings. The maximum absolute atomic E-state index is 11.7. The summed E-state index contributed by atoms with van der Waals surface area (Å²) in [7, 11) is -3.30. The van der Waals surface area contributed by atoms with E-state index in [-0.39, 0.29) is 12.4 Å². The van der Waals surface area contributed by atoms with E-state index in [4.69, 9.17) is 19.3 Å². The van der Waals surface area contributed by atoms with Crippen LogP contribution in [0.25, 0.3) is 0 Å². The van der Waals surface area contributed by atoms with Crippen LogP contribution in [0.4, 0.5) is 0 Å². The van der Waals surface area contributed by atoms with Gasteiger partial charge in [0.1, 0.15) is 0 Å². The Morgan fingerprint density at radius 1 is 1.07 bits per heavy atom. The topological polar surface area (TPSA) is 70.8 Å². The molecule has 0 unspecified atom stereocenters. The predicted molar refractivity (Wildman–Crippen MR) is 62.3 cm³/mol. The van der Waals surface area contributed by atoms with E-state index in [0.717, 1.165) is 12.8 Å². The van der Waals surface area contributed by atoms with Crippen molar-refractivity contribution in [2.75, 3.05) is 26.4 Å². The zero-order valence-electron chi connectivity index (χ0n) is 9.31. The zero-order chi connectivity index (χ0) is 10.9. The summed E-state index contributed by atoms with van der Waals surface area (Å²) in [5.41, 5.74) is 5.31. The number of hydrogen-bond acceptors (Lipinski definition) is 5. The maximum Gasteiger partial charge on any atom is 0.474 e. The third-order valence-corrected chi connectivity index (χ3v) is 3.07. The van der Waals surface area contributed by atoms with Crippen LogP contribution in [0.1, 0.15) is 26.7 Å². The van der Waals surface area contributed by atoms with Gasteiger partial charge in [0.25, 0.3) is 0 Å². The lowest BCUT2D eigenvalue weighted by atomic mass is 10.3. The van der Waals surface area contributed by atoms with E-state index in [0.29, 0.717) is 26.4 Å². The van der Waals surface area contributed by atoms with Crippen LogP contribution in [0.3, 0.4) is 0 Å². The number of halogens is 1. The lowest BCUT2D eigenvalue weighted by Crippen LogP contribution is -2.04. The third-order valence-electron chi connectivity index (χ3n) is 1.42. The maximum atomic E-state index is 11.7. The largest absolute Gasteiger partial charge is 0.474 e. The van der Waals surface area contributed by atoms with Gasteiger partial charge in [-0.05, 0) is 33.2 Å². The molecule has 0 saturated heterocycles. The fraction of sp³-hybridized carbons (Fsp3) is 1.00. The van der Waals surface area contributed by atoms with Crippen LogP contribution in [0.2, 0.25) is 0 Å².